The van der Waals surface area contributed by atoms with Crippen molar-refractivity contribution in [3.8, 4) is 12.0 Å². The van der Waals surface area contributed by atoms with Gasteiger partial charge in [-0.25, -0.2) is 0 Å². The molecule has 0 aromatic heterocycles. The van der Waals surface area contributed by atoms with Gasteiger partial charge in [0.25, 0.3) is 0 Å². The molecule has 1 rings (SSSR count). The predicted molar refractivity (Wildman–Crippen MR) is 85.5 cm³/mol. The van der Waals surface area contributed by atoms with Gasteiger partial charge >= 0.3 is 0 Å². The van der Waals surface area contributed by atoms with Crippen LogP contribution in [0.5, 0.6) is 0 Å². The average molecular weight is 255 g/mol. The molecule has 1 aromatic rings. The largest absolute Gasteiger partial charge is 0.301 e. The Labute approximate surface area is 118 Å². The van der Waals surface area contributed by atoms with Gasteiger partial charge in [-0.3, -0.25) is 0 Å². The third-order valence-corrected chi connectivity index (χ3v) is 3.04. The van der Waals surface area contributed by atoms with Gasteiger partial charge in [0.2, 0.25) is 0 Å². The number of allylic oxidation sites excluding steroid dienone is 1. The molecule has 102 valence electrons. The van der Waals surface area contributed by atoms with Gasteiger partial charge in [-0.2, -0.15) is 0 Å². The first-order valence-electron chi connectivity index (χ1n) is 6.98. The Morgan fingerprint density at radius 3 is 2.26 bits per heavy atom. The third-order valence-electron chi connectivity index (χ3n) is 3.04. The second kappa shape index (κ2) is 7.04. The number of hydrogen-bond donors (Lipinski definition) is 0. The summed E-state index contributed by atoms with van der Waals surface area (Å²) < 4.78 is 0. The number of benzene rings is 1. The van der Waals surface area contributed by atoms with E-state index >= 15 is 0 Å². The van der Waals surface area contributed by atoms with Crippen LogP contribution in [-0.4, -0.2) is 6.54 Å². The third kappa shape index (κ3) is 4.48. The second-order valence-corrected chi connectivity index (χ2v) is 5.27. The Morgan fingerprint density at radius 1 is 1.21 bits per heavy atom. The summed E-state index contributed by atoms with van der Waals surface area (Å²) in [6.45, 7) is 15.5. The number of aryl methyl sites for hydroxylation is 3. The normalized spacial score (nSPS) is 9.74. The molecule has 0 aliphatic rings. The lowest BCUT2D eigenvalue weighted by Gasteiger charge is -2.22. The van der Waals surface area contributed by atoms with Crippen molar-refractivity contribution >= 4 is 5.69 Å². The minimum absolute atomic E-state index is 0.906. The monoisotopic (exact) mass is 255 g/mol. The molecular formula is C18H25N. The molecule has 1 heteroatoms. The van der Waals surface area contributed by atoms with Crippen molar-refractivity contribution in [3.05, 3.63) is 41.0 Å². The standard InChI is InChI=1S/C18H25N/c1-7-8-10-19(11-9-14(2)3)18-16(5)12-15(4)13-17(18)6/h12-13H,2,7-8,10H2,1,3-6H3. The summed E-state index contributed by atoms with van der Waals surface area (Å²) in [5.41, 5.74) is 6.06. The van der Waals surface area contributed by atoms with E-state index in [0.717, 1.165) is 18.5 Å². The Balaban J connectivity index is 3.18. The number of unbranched alkanes of at least 4 members (excludes halogenated alkanes) is 1. The van der Waals surface area contributed by atoms with Crippen molar-refractivity contribution in [1.29, 1.82) is 0 Å². The number of rotatable bonds is 4. The van der Waals surface area contributed by atoms with E-state index in [1.54, 1.807) is 0 Å². The van der Waals surface area contributed by atoms with Gasteiger partial charge in [0.05, 0.1) is 5.69 Å². The molecular weight excluding hydrogens is 230 g/mol. The summed E-state index contributed by atoms with van der Waals surface area (Å²) in [5, 5.41) is 0. The molecule has 0 N–H and O–H groups in total. The molecule has 0 bridgehead atoms. The van der Waals surface area contributed by atoms with E-state index in [0.29, 0.717) is 0 Å². The molecule has 0 fully saturated rings. The molecule has 0 aliphatic carbocycles. The van der Waals surface area contributed by atoms with Crippen LogP contribution in [0.25, 0.3) is 0 Å². The zero-order valence-corrected chi connectivity index (χ0v) is 12.9. The predicted octanol–water partition coefficient (Wildman–Crippen LogP) is 4.76. The molecule has 0 unspecified atom stereocenters. The number of nitrogens with zero attached hydrogens (tertiary/aromatic N) is 1. The summed E-state index contributed by atoms with van der Waals surface area (Å²) in [7, 11) is 0. The van der Waals surface area contributed by atoms with Gasteiger partial charge in [-0.1, -0.05) is 37.6 Å². The molecule has 19 heavy (non-hydrogen) atoms. The van der Waals surface area contributed by atoms with Gasteiger partial charge < -0.3 is 4.90 Å². The Hall–Kier alpha value is -1.68. The lowest BCUT2D eigenvalue weighted by atomic mass is 10.0. The van der Waals surface area contributed by atoms with Crippen molar-refractivity contribution < 1.29 is 0 Å². The lowest BCUT2D eigenvalue weighted by Crippen LogP contribution is -2.20. The highest BCUT2D eigenvalue weighted by Crippen LogP contribution is 2.26. The Bertz CT molecular complexity index is 491. The maximum atomic E-state index is 3.86. The van der Waals surface area contributed by atoms with E-state index in [-0.39, 0.29) is 0 Å². The van der Waals surface area contributed by atoms with Crippen molar-refractivity contribution in [3.63, 3.8) is 0 Å². The molecule has 0 saturated carbocycles. The van der Waals surface area contributed by atoms with Gasteiger partial charge in [0.1, 0.15) is 0 Å². The Kier molecular flexibility index (Phi) is 5.70. The van der Waals surface area contributed by atoms with Crippen LogP contribution in [0.2, 0.25) is 0 Å². The fraction of sp³-hybridized carbons (Fsp3) is 0.444. The van der Waals surface area contributed by atoms with Crippen LogP contribution >= 0.6 is 0 Å². The fourth-order valence-electron chi connectivity index (χ4n) is 2.30. The van der Waals surface area contributed by atoms with E-state index in [2.05, 4.69) is 63.3 Å². The van der Waals surface area contributed by atoms with E-state index in [1.807, 2.05) is 6.92 Å². The highest BCUT2D eigenvalue weighted by molar-refractivity contribution is 5.63. The topological polar surface area (TPSA) is 3.24 Å². The van der Waals surface area contributed by atoms with Crippen LogP contribution < -0.4 is 4.90 Å². The summed E-state index contributed by atoms with van der Waals surface area (Å²) in [6.07, 6.45) is 2.33. The van der Waals surface area contributed by atoms with Crippen molar-refractivity contribution in [2.24, 2.45) is 0 Å². The lowest BCUT2D eigenvalue weighted by molar-refractivity contribution is 0.787. The van der Waals surface area contributed by atoms with Crippen LogP contribution in [0.4, 0.5) is 5.69 Å². The molecule has 0 heterocycles. The van der Waals surface area contributed by atoms with Gasteiger partial charge in [-0.05, 0) is 56.7 Å². The van der Waals surface area contributed by atoms with E-state index < -0.39 is 0 Å². The first-order chi connectivity index (χ1) is 8.95. The van der Waals surface area contributed by atoms with Crippen LogP contribution in [0.1, 0.15) is 43.4 Å². The molecule has 1 nitrogen and oxygen atoms in total. The molecule has 0 spiro atoms. The minimum Gasteiger partial charge on any atom is -0.301 e. The number of hydrogen-bond acceptors (Lipinski definition) is 1. The zero-order valence-electron chi connectivity index (χ0n) is 12.9. The summed E-state index contributed by atoms with van der Waals surface area (Å²) in [6, 6.07) is 7.71. The van der Waals surface area contributed by atoms with Gasteiger partial charge in [-0.15, -0.1) is 0 Å². The summed E-state index contributed by atoms with van der Waals surface area (Å²) >= 11 is 0. The molecule has 0 aliphatic heterocycles. The molecule has 1 aromatic carbocycles. The summed E-state index contributed by atoms with van der Waals surface area (Å²) in [4.78, 5) is 2.18. The molecule has 0 amide bonds. The van der Waals surface area contributed by atoms with Crippen LogP contribution in [0.15, 0.2) is 24.3 Å². The number of anilines is 1. The van der Waals surface area contributed by atoms with E-state index in [4.69, 9.17) is 0 Å². The van der Waals surface area contributed by atoms with Crippen molar-refractivity contribution in [2.75, 3.05) is 11.4 Å². The van der Waals surface area contributed by atoms with Crippen molar-refractivity contribution in [1.82, 2.24) is 0 Å². The molecule has 0 saturated heterocycles. The van der Waals surface area contributed by atoms with Gasteiger partial charge in [0.15, 0.2) is 0 Å². The van der Waals surface area contributed by atoms with E-state index in [1.165, 1.54) is 28.8 Å². The SMILES string of the molecule is C=C(C)C#CN(CCCC)c1c(C)cc(C)cc1C. The van der Waals surface area contributed by atoms with E-state index in [9.17, 15) is 0 Å². The maximum absolute atomic E-state index is 3.86. The van der Waals surface area contributed by atoms with Crippen molar-refractivity contribution in [2.45, 2.75) is 47.5 Å². The first kappa shape index (κ1) is 15.4. The minimum atomic E-state index is 0.906. The van der Waals surface area contributed by atoms with Crippen LogP contribution in [0, 0.1) is 32.7 Å². The highest BCUT2D eigenvalue weighted by Gasteiger charge is 2.10. The van der Waals surface area contributed by atoms with Gasteiger partial charge in [0, 0.05) is 12.6 Å². The maximum Gasteiger partial charge on any atom is 0.0547 e. The molecule has 0 atom stereocenters. The molecule has 0 radical (unpaired) electrons. The highest BCUT2D eigenvalue weighted by atomic mass is 15.1. The zero-order chi connectivity index (χ0) is 14.4. The summed E-state index contributed by atoms with van der Waals surface area (Å²) in [5.74, 6) is 3.10. The second-order valence-electron chi connectivity index (χ2n) is 5.27. The first-order valence-corrected chi connectivity index (χ1v) is 6.98. The smallest absolute Gasteiger partial charge is 0.0547 e. The average Bonchev–Trinajstić information content (AvgIpc) is 2.30. The van der Waals surface area contributed by atoms with Crippen LogP contribution in [0.3, 0.4) is 0 Å². The quantitative estimate of drug-likeness (QED) is 0.554. The Morgan fingerprint density at radius 2 is 1.79 bits per heavy atom. The van der Waals surface area contributed by atoms with Crippen LogP contribution in [-0.2, 0) is 0 Å². The fourth-order valence-corrected chi connectivity index (χ4v) is 2.30.